The molecule has 1 aliphatic carbocycles. The lowest BCUT2D eigenvalue weighted by Gasteiger charge is -2.22. The van der Waals surface area contributed by atoms with Gasteiger partial charge in [0.25, 0.3) is 0 Å². The molecule has 0 spiro atoms. The summed E-state index contributed by atoms with van der Waals surface area (Å²) in [7, 11) is 1.47. The first-order valence-electron chi connectivity index (χ1n) is 5.04. The Hall–Kier alpha value is -1.38. The number of carbonyl (C=O) groups is 1. The van der Waals surface area contributed by atoms with Crippen molar-refractivity contribution >= 4 is 5.78 Å². The molecule has 0 amide bonds. The first kappa shape index (κ1) is 10.1. The minimum atomic E-state index is -0.329. The highest BCUT2D eigenvalue weighted by Gasteiger charge is 2.26. The van der Waals surface area contributed by atoms with E-state index in [2.05, 4.69) is 0 Å². The van der Waals surface area contributed by atoms with Gasteiger partial charge in [0.05, 0.1) is 7.11 Å². The normalized spacial score (nSPS) is 19.9. The number of ketones is 1. The summed E-state index contributed by atoms with van der Waals surface area (Å²) < 4.78 is 18.7. The fourth-order valence-electron chi connectivity index (χ4n) is 2.07. The van der Waals surface area contributed by atoms with E-state index in [4.69, 9.17) is 4.74 Å². The van der Waals surface area contributed by atoms with Gasteiger partial charge >= 0.3 is 0 Å². The summed E-state index contributed by atoms with van der Waals surface area (Å²) in [5.41, 5.74) is 1.04. The van der Waals surface area contributed by atoms with E-state index in [1.165, 1.54) is 13.2 Å². The van der Waals surface area contributed by atoms with E-state index in [1.54, 1.807) is 6.07 Å². The summed E-state index contributed by atoms with van der Waals surface area (Å²) in [4.78, 5) is 11.6. The molecule has 0 radical (unpaired) electrons. The number of benzene rings is 1. The van der Waals surface area contributed by atoms with Gasteiger partial charge in [-0.3, -0.25) is 4.79 Å². The number of fused-ring (bicyclic) bond motifs is 1. The highest BCUT2D eigenvalue weighted by molar-refractivity contribution is 5.99. The molecule has 3 heteroatoms. The first-order chi connectivity index (χ1) is 7.13. The van der Waals surface area contributed by atoms with Crippen LogP contribution < -0.4 is 4.74 Å². The minimum Gasteiger partial charge on any atom is -0.497 e. The monoisotopic (exact) mass is 208 g/mol. The molecular formula is C12H13FO2. The predicted molar refractivity (Wildman–Crippen MR) is 54.9 cm³/mol. The van der Waals surface area contributed by atoms with Gasteiger partial charge < -0.3 is 4.74 Å². The van der Waals surface area contributed by atoms with Gasteiger partial charge in [-0.15, -0.1) is 0 Å². The molecule has 80 valence electrons. The summed E-state index contributed by atoms with van der Waals surface area (Å²) in [6.45, 7) is 1.95. The summed E-state index contributed by atoms with van der Waals surface area (Å²) in [6.07, 6.45) is 1.23. The highest BCUT2D eigenvalue weighted by Crippen LogP contribution is 2.35. The highest BCUT2D eigenvalue weighted by atomic mass is 19.1. The lowest BCUT2D eigenvalue weighted by Crippen LogP contribution is -2.15. The van der Waals surface area contributed by atoms with E-state index in [9.17, 15) is 9.18 Å². The second kappa shape index (κ2) is 3.65. The van der Waals surface area contributed by atoms with E-state index in [-0.39, 0.29) is 17.5 Å². The standard InChI is InChI=1S/C12H13FO2/c1-7-3-4-11(14)9-5-8(15-2)6-10(13)12(7)9/h5-7H,3-4H2,1-2H3. The Bertz CT molecular complexity index is 412. The average molecular weight is 208 g/mol. The van der Waals surface area contributed by atoms with E-state index in [1.807, 2.05) is 6.92 Å². The third kappa shape index (κ3) is 1.62. The molecule has 1 aliphatic rings. The maximum Gasteiger partial charge on any atom is 0.163 e. The van der Waals surface area contributed by atoms with Crippen molar-refractivity contribution in [2.45, 2.75) is 25.7 Å². The van der Waals surface area contributed by atoms with Crippen LogP contribution in [-0.2, 0) is 0 Å². The first-order valence-corrected chi connectivity index (χ1v) is 5.04. The van der Waals surface area contributed by atoms with Gasteiger partial charge in [0.15, 0.2) is 5.78 Å². The molecule has 0 N–H and O–H groups in total. The van der Waals surface area contributed by atoms with Gasteiger partial charge in [0.1, 0.15) is 11.6 Å². The van der Waals surface area contributed by atoms with Crippen molar-refractivity contribution in [2.24, 2.45) is 0 Å². The number of Topliss-reactive ketones (excluding diaryl/α,β-unsaturated/α-hetero) is 1. The summed E-state index contributed by atoms with van der Waals surface area (Å²) in [5, 5.41) is 0. The number of methoxy groups -OCH3 is 1. The molecule has 0 aromatic heterocycles. The quantitative estimate of drug-likeness (QED) is 0.709. The van der Waals surface area contributed by atoms with Gasteiger partial charge in [0.2, 0.25) is 0 Å². The Morgan fingerprint density at radius 2 is 2.20 bits per heavy atom. The van der Waals surface area contributed by atoms with E-state index in [0.29, 0.717) is 23.3 Å². The van der Waals surface area contributed by atoms with E-state index < -0.39 is 0 Å². The van der Waals surface area contributed by atoms with Crippen LogP contribution in [0.25, 0.3) is 0 Å². The van der Waals surface area contributed by atoms with Crippen LogP contribution in [0.5, 0.6) is 5.75 Å². The molecule has 0 saturated carbocycles. The minimum absolute atomic E-state index is 0.0147. The summed E-state index contributed by atoms with van der Waals surface area (Å²) in [5.74, 6) is 0.211. The molecule has 0 aliphatic heterocycles. The fraction of sp³-hybridized carbons (Fsp3) is 0.417. The zero-order valence-corrected chi connectivity index (χ0v) is 8.84. The number of rotatable bonds is 1. The number of hydrogen-bond donors (Lipinski definition) is 0. The Morgan fingerprint density at radius 1 is 1.47 bits per heavy atom. The SMILES string of the molecule is COc1cc(F)c2c(c1)C(=O)CCC2C. The van der Waals surface area contributed by atoms with Crippen LogP contribution in [0.4, 0.5) is 4.39 Å². The zero-order valence-electron chi connectivity index (χ0n) is 8.84. The van der Waals surface area contributed by atoms with Crippen LogP contribution in [0.3, 0.4) is 0 Å². The topological polar surface area (TPSA) is 26.3 Å². The van der Waals surface area contributed by atoms with Crippen molar-refractivity contribution in [2.75, 3.05) is 7.11 Å². The molecule has 0 heterocycles. The zero-order chi connectivity index (χ0) is 11.0. The number of hydrogen-bond acceptors (Lipinski definition) is 2. The largest absolute Gasteiger partial charge is 0.497 e. The smallest absolute Gasteiger partial charge is 0.163 e. The van der Waals surface area contributed by atoms with Crippen molar-refractivity contribution in [1.29, 1.82) is 0 Å². The van der Waals surface area contributed by atoms with Crippen molar-refractivity contribution in [3.8, 4) is 5.75 Å². The fourth-order valence-corrected chi connectivity index (χ4v) is 2.07. The second-order valence-corrected chi connectivity index (χ2v) is 3.93. The number of carbonyl (C=O) groups excluding carboxylic acids is 1. The molecular weight excluding hydrogens is 195 g/mol. The molecule has 15 heavy (non-hydrogen) atoms. The molecule has 1 unspecified atom stereocenters. The molecule has 0 saturated heterocycles. The van der Waals surface area contributed by atoms with Gasteiger partial charge in [-0.2, -0.15) is 0 Å². The van der Waals surface area contributed by atoms with Crippen LogP contribution >= 0.6 is 0 Å². The van der Waals surface area contributed by atoms with E-state index in [0.717, 1.165) is 6.42 Å². The van der Waals surface area contributed by atoms with Crippen LogP contribution in [0.2, 0.25) is 0 Å². The lowest BCUT2D eigenvalue weighted by atomic mass is 9.83. The molecule has 1 aromatic carbocycles. The van der Waals surface area contributed by atoms with Crippen LogP contribution in [0, 0.1) is 5.82 Å². The predicted octanol–water partition coefficient (Wildman–Crippen LogP) is 2.91. The third-order valence-electron chi connectivity index (χ3n) is 2.94. The summed E-state index contributed by atoms with van der Waals surface area (Å²) >= 11 is 0. The van der Waals surface area contributed by atoms with Crippen LogP contribution in [-0.4, -0.2) is 12.9 Å². The molecule has 1 aromatic rings. The van der Waals surface area contributed by atoms with Crippen molar-refractivity contribution in [3.05, 3.63) is 29.1 Å². The van der Waals surface area contributed by atoms with Gasteiger partial charge in [0, 0.05) is 23.6 Å². The number of ether oxygens (including phenoxy) is 1. The van der Waals surface area contributed by atoms with Crippen LogP contribution in [0.15, 0.2) is 12.1 Å². The van der Waals surface area contributed by atoms with Crippen molar-refractivity contribution in [3.63, 3.8) is 0 Å². The second-order valence-electron chi connectivity index (χ2n) is 3.93. The number of halogens is 1. The van der Waals surface area contributed by atoms with Crippen LogP contribution in [0.1, 0.15) is 41.6 Å². The summed E-state index contributed by atoms with van der Waals surface area (Å²) in [6, 6.07) is 2.98. The molecule has 2 nitrogen and oxygen atoms in total. The molecule has 0 fully saturated rings. The molecule has 0 bridgehead atoms. The Labute approximate surface area is 88.1 Å². The Balaban J connectivity index is 2.61. The van der Waals surface area contributed by atoms with Gasteiger partial charge in [-0.05, 0) is 18.4 Å². The van der Waals surface area contributed by atoms with E-state index >= 15 is 0 Å². The molecule has 2 rings (SSSR count). The molecule has 1 atom stereocenters. The lowest BCUT2D eigenvalue weighted by molar-refractivity contribution is 0.0966. The third-order valence-corrected chi connectivity index (χ3v) is 2.94. The van der Waals surface area contributed by atoms with Crippen molar-refractivity contribution in [1.82, 2.24) is 0 Å². The van der Waals surface area contributed by atoms with Gasteiger partial charge in [-0.1, -0.05) is 6.92 Å². The average Bonchev–Trinajstić information content (AvgIpc) is 2.23. The maximum atomic E-state index is 13.7. The van der Waals surface area contributed by atoms with Crippen molar-refractivity contribution < 1.29 is 13.9 Å². The maximum absolute atomic E-state index is 13.7. The Morgan fingerprint density at radius 3 is 2.87 bits per heavy atom. The van der Waals surface area contributed by atoms with Gasteiger partial charge in [-0.25, -0.2) is 4.39 Å². The Kier molecular flexibility index (Phi) is 2.47.